The number of nitrogens with zero attached hydrogens (tertiary/aromatic N) is 2. The van der Waals surface area contributed by atoms with Crippen LogP contribution in [0.4, 0.5) is 0 Å². The molecule has 0 amide bonds. The molecule has 0 unspecified atom stereocenters. The Labute approximate surface area is 63.1 Å². The lowest BCUT2D eigenvalue weighted by Gasteiger charge is -2.27. The van der Waals surface area contributed by atoms with E-state index in [1.54, 1.807) is 0 Å². The SMILES string of the molecule is CCCN1C=CCN1CC. The van der Waals surface area contributed by atoms with Gasteiger partial charge in [0.2, 0.25) is 0 Å². The van der Waals surface area contributed by atoms with Crippen molar-refractivity contribution in [1.29, 1.82) is 0 Å². The fraction of sp³-hybridized carbons (Fsp3) is 0.750. The molecule has 2 heteroatoms. The van der Waals surface area contributed by atoms with Crippen LogP contribution in [0.5, 0.6) is 0 Å². The average Bonchev–Trinajstić information content (AvgIpc) is 2.36. The molecule has 1 aliphatic heterocycles. The second kappa shape index (κ2) is 3.62. The molecule has 0 aliphatic carbocycles. The van der Waals surface area contributed by atoms with Crippen LogP contribution in [0.3, 0.4) is 0 Å². The zero-order valence-corrected chi connectivity index (χ0v) is 6.88. The lowest BCUT2D eigenvalue weighted by molar-refractivity contribution is 0.0585. The molecule has 0 radical (unpaired) electrons. The number of rotatable bonds is 3. The normalized spacial score (nSPS) is 18.8. The highest BCUT2D eigenvalue weighted by atomic mass is 15.6. The van der Waals surface area contributed by atoms with Gasteiger partial charge >= 0.3 is 0 Å². The predicted octanol–water partition coefficient (Wildman–Crippen LogP) is 1.46. The van der Waals surface area contributed by atoms with E-state index in [-0.39, 0.29) is 0 Å². The summed E-state index contributed by atoms with van der Waals surface area (Å²) >= 11 is 0. The van der Waals surface area contributed by atoms with Gasteiger partial charge in [-0.1, -0.05) is 19.9 Å². The van der Waals surface area contributed by atoms with Crippen LogP contribution in [0.2, 0.25) is 0 Å². The third-order valence-corrected chi connectivity index (χ3v) is 1.77. The Morgan fingerprint density at radius 3 is 2.80 bits per heavy atom. The Morgan fingerprint density at radius 2 is 2.20 bits per heavy atom. The maximum atomic E-state index is 2.34. The standard InChI is InChI=1S/C8H16N2/c1-3-6-10-8-5-7-9(10)4-2/h5,8H,3-4,6-7H2,1-2H3. The van der Waals surface area contributed by atoms with Crippen molar-refractivity contribution in [1.82, 2.24) is 10.0 Å². The molecular weight excluding hydrogens is 124 g/mol. The molecule has 1 heterocycles. The minimum atomic E-state index is 1.09. The van der Waals surface area contributed by atoms with E-state index >= 15 is 0 Å². The number of likely N-dealkylation sites (N-methyl/N-ethyl adjacent to an activating group) is 1. The summed E-state index contributed by atoms with van der Waals surface area (Å²) in [5, 5.41) is 4.63. The van der Waals surface area contributed by atoms with Crippen LogP contribution in [-0.4, -0.2) is 29.7 Å². The molecule has 2 nitrogen and oxygen atoms in total. The molecule has 0 atom stereocenters. The maximum Gasteiger partial charge on any atom is 0.0378 e. The first-order valence-corrected chi connectivity index (χ1v) is 4.06. The Balaban J connectivity index is 2.33. The predicted molar refractivity (Wildman–Crippen MR) is 43.4 cm³/mol. The first-order chi connectivity index (χ1) is 4.88. The van der Waals surface area contributed by atoms with Gasteiger partial charge in [0.05, 0.1) is 0 Å². The topological polar surface area (TPSA) is 6.48 Å². The highest BCUT2D eigenvalue weighted by molar-refractivity contribution is 4.90. The van der Waals surface area contributed by atoms with Gasteiger partial charge in [0, 0.05) is 25.8 Å². The van der Waals surface area contributed by atoms with Gasteiger partial charge in [0.1, 0.15) is 0 Å². The van der Waals surface area contributed by atoms with E-state index in [0.717, 1.165) is 19.6 Å². The minimum absolute atomic E-state index is 1.09. The Morgan fingerprint density at radius 1 is 1.40 bits per heavy atom. The zero-order chi connectivity index (χ0) is 7.40. The quantitative estimate of drug-likeness (QED) is 0.585. The van der Waals surface area contributed by atoms with Crippen molar-refractivity contribution in [2.75, 3.05) is 19.6 Å². The van der Waals surface area contributed by atoms with E-state index in [1.807, 2.05) is 0 Å². The van der Waals surface area contributed by atoms with Gasteiger partial charge in [0.15, 0.2) is 0 Å². The number of hydrazine groups is 1. The molecule has 1 aliphatic rings. The Kier molecular flexibility index (Phi) is 2.75. The monoisotopic (exact) mass is 140 g/mol. The van der Waals surface area contributed by atoms with Crippen molar-refractivity contribution in [2.24, 2.45) is 0 Å². The van der Waals surface area contributed by atoms with E-state index in [4.69, 9.17) is 0 Å². The van der Waals surface area contributed by atoms with Crippen molar-refractivity contribution >= 4 is 0 Å². The van der Waals surface area contributed by atoms with Gasteiger partial charge in [-0.25, -0.2) is 5.01 Å². The van der Waals surface area contributed by atoms with Crippen molar-refractivity contribution < 1.29 is 0 Å². The lowest BCUT2D eigenvalue weighted by Crippen LogP contribution is -2.35. The molecule has 1 rings (SSSR count). The molecule has 0 saturated carbocycles. The first-order valence-electron chi connectivity index (χ1n) is 4.06. The maximum absolute atomic E-state index is 2.34. The van der Waals surface area contributed by atoms with E-state index in [0.29, 0.717) is 0 Å². The van der Waals surface area contributed by atoms with Gasteiger partial charge in [-0.15, -0.1) is 0 Å². The van der Waals surface area contributed by atoms with Crippen LogP contribution in [-0.2, 0) is 0 Å². The molecular formula is C8H16N2. The molecule has 0 spiro atoms. The lowest BCUT2D eigenvalue weighted by atomic mass is 10.5. The third-order valence-electron chi connectivity index (χ3n) is 1.77. The van der Waals surface area contributed by atoms with Crippen molar-refractivity contribution in [3.8, 4) is 0 Å². The van der Waals surface area contributed by atoms with Gasteiger partial charge < -0.3 is 5.01 Å². The second-order valence-corrected chi connectivity index (χ2v) is 2.55. The summed E-state index contributed by atoms with van der Waals surface area (Å²) in [5.41, 5.74) is 0. The molecule has 0 N–H and O–H groups in total. The summed E-state index contributed by atoms with van der Waals surface area (Å²) in [7, 11) is 0. The molecule has 0 saturated heterocycles. The van der Waals surface area contributed by atoms with E-state index < -0.39 is 0 Å². The summed E-state index contributed by atoms with van der Waals surface area (Å²) in [6.45, 7) is 7.77. The van der Waals surface area contributed by atoms with Gasteiger partial charge in [-0.3, -0.25) is 0 Å². The van der Waals surface area contributed by atoms with Crippen LogP contribution >= 0.6 is 0 Å². The largest absolute Gasteiger partial charge is 0.313 e. The van der Waals surface area contributed by atoms with Crippen LogP contribution in [0.25, 0.3) is 0 Å². The summed E-state index contributed by atoms with van der Waals surface area (Å²) in [6.07, 6.45) is 5.60. The molecule has 0 bridgehead atoms. The van der Waals surface area contributed by atoms with Gasteiger partial charge in [-0.2, -0.15) is 0 Å². The van der Waals surface area contributed by atoms with Crippen LogP contribution in [0, 0.1) is 0 Å². The Hall–Kier alpha value is -0.500. The highest BCUT2D eigenvalue weighted by Gasteiger charge is 2.11. The molecule has 0 aromatic rings. The van der Waals surface area contributed by atoms with Crippen molar-refractivity contribution in [2.45, 2.75) is 20.3 Å². The van der Waals surface area contributed by atoms with Crippen molar-refractivity contribution in [3.63, 3.8) is 0 Å². The highest BCUT2D eigenvalue weighted by Crippen LogP contribution is 2.06. The molecule has 0 aromatic heterocycles. The fourth-order valence-electron chi connectivity index (χ4n) is 1.25. The smallest absolute Gasteiger partial charge is 0.0378 e. The third kappa shape index (κ3) is 1.51. The van der Waals surface area contributed by atoms with E-state index in [1.165, 1.54) is 6.42 Å². The summed E-state index contributed by atoms with van der Waals surface area (Å²) in [5.74, 6) is 0. The summed E-state index contributed by atoms with van der Waals surface area (Å²) in [6, 6.07) is 0. The Bertz CT molecular complexity index is 120. The molecule has 0 aromatic carbocycles. The van der Waals surface area contributed by atoms with Crippen LogP contribution < -0.4 is 0 Å². The second-order valence-electron chi connectivity index (χ2n) is 2.55. The minimum Gasteiger partial charge on any atom is -0.313 e. The van der Waals surface area contributed by atoms with Gasteiger partial charge in [-0.05, 0) is 6.42 Å². The fourth-order valence-corrected chi connectivity index (χ4v) is 1.25. The van der Waals surface area contributed by atoms with E-state index in [9.17, 15) is 0 Å². The molecule has 10 heavy (non-hydrogen) atoms. The molecule has 0 fully saturated rings. The van der Waals surface area contributed by atoms with Crippen LogP contribution in [0.15, 0.2) is 12.3 Å². The number of hydrogen-bond donors (Lipinski definition) is 0. The van der Waals surface area contributed by atoms with Crippen molar-refractivity contribution in [3.05, 3.63) is 12.3 Å². The zero-order valence-electron chi connectivity index (χ0n) is 6.88. The summed E-state index contributed by atoms with van der Waals surface area (Å²) in [4.78, 5) is 0. The molecule has 58 valence electrons. The average molecular weight is 140 g/mol. The number of hydrogen-bond acceptors (Lipinski definition) is 2. The van der Waals surface area contributed by atoms with Gasteiger partial charge in [0.25, 0.3) is 0 Å². The first kappa shape index (κ1) is 7.61. The summed E-state index contributed by atoms with van der Waals surface area (Å²) < 4.78 is 0. The van der Waals surface area contributed by atoms with Crippen LogP contribution in [0.1, 0.15) is 20.3 Å². The van der Waals surface area contributed by atoms with E-state index in [2.05, 4.69) is 36.1 Å².